The Kier molecular flexibility index (Phi) is 5.85. The number of amides is 2. The van der Waals surface area contributed by atoms with Gasteiger partial charge in [0.05, 0.1) is 25.8 Å². The second kappa shape index (κ2) is 8.74. The highest BCUT2D eigenvalue weighted by atomic mass is 16.5. The van der Waals surface area contributed by atoms with E-state index in [0.29, 0.717) is 28.8 Å². The van der Waals surface area contributed by atoms with Crippen molar-refractivity contribution >= 4 is 23.2 Å². The molecule has 1 N–H and O–H groups in total. The van der Waals surface area contributed by atoms with Gasteiger partial charge in [-0.1, -0.05) is 6.07 Å². The van der Waals surface area contributed by atoms with Gasteiger partial charge >= 0.3 is 0 Å². The molecule has 1 aromatic heterocycles. The predicted octanol–water partition coefficient (Wildman–Crippen LogP) is 3.97. The largest absolute Gasteiger partial charge is 0.493 e. The molecular weight excluding hydrogens is 410 g/mol. The number of nitrogens with zero attached hydrogens (tertiary/aromatic N) is 2. The number of hydrogen-bond acceptors (Lipinski definition) is 6. The summed E-state index contributed by atoms with van der Waals surface area (Å²) in [6.45, 7) is 4.03. The normalized spacial score (nSPS) is 15.7. The molecule has 0 aliphatic carbocycles. The zero-order valence-electron chi connectivity index (χ0n) is 18.5. The number of rotatable bonds is 6. The van der Waals surface area contributed by atoms with Gasteiger partial charge < -0.3 is 24.1 Å². The minimum Gasteiger partial charge on any atom is -0.493 e. The van der Waals surface area contributed by atoms with Crippen LogP contribution >= 0.6 is 0 Å². The van der Waals surface area contributed by atoms with Gasteiger partial charge in [0, 0.05) is 36.0 Å². The van der Waals surface area contributed by atoms with Crippen LogP contribution in [0.1, 0.15) is 17.9 Å². The van der Waals surface area contributed by atoms with Crippen molar-refractivity contribution in [3.05, 3.63) is 53.9 Å². The fraction of sp³-hybridized carbons (Fsp3) is 0.292. The van der Waals surface area contributed by atoms with Gasteiger partial charge in [-0.2, -0.15) is 0 Å². The molecule has 166 valence electrons. The molecule has 1 saturated heterocycles. The van der Waals surface area contributed by atoms with Gasteiger partial charge in [-0.15, -0.1) is 0 Å². The van der Waals surface area contributed by atoms with E-state index in [4.69, 9.17) is 13.9 Å². The van der Waals surface area contributed by atoms with Gasteiger partial charge in [0.2, 0.25) is 17.7 Å². The fourth-order valence-corrected chi connectivity index (χ4v) is 3.70. The number of nitrogens with one attached hydrogen (secondary N) is 1. The maximum absolute atomic E-state index is 12.9. The van der Waals surface area contributed by atoms with Gasteiger partial charge in [-0.05, 0) is 44.2 Å². The monoisotopic (exact) mass is 435 g/mol. The number of carbonyl (C=O) groups excluding carboxylic acids is 2. The van der Waals surface area contributed by atoms with Crippen molar-refractivity contribution in [2.75, 3.05) is 31.0 Å². The second-order valence-electron chi connectivity index (χ2n) is 7.68. The van der Waals surface area contributed by atoms with E-state index in [2.05, 4.69) is 10.3 Å². The van der Waals surface area contributed by atoms with E-state index in [1.54, 1.807) is 43.4 Å². The van der Waals surface area contributed by atoms with Crippen LogP contribution in [-0.2, 0) is 9.59 Å². The molecule has 2 aromatic carbocycles. The zero-order valence-corrected chi connectivity index (χ0v) is 18.5. The Labute approximate surface area is 186 Å². The first-order chi connectivity index (χ1) is 15.4. The lowest BCUT2D eigenvalue weighted by atomic mass is 10.1. The first kappa shape index (κ1) is 21.4. The molecule has 0 saturated carbocycles. The van der Waals surface area contributed by atoms with Crippen molar-refractivity contribution in [2.24, 2.45) is 5.92 Å². The smallest absolute Gasteiger partial charge is 0.229 e. The van der Waals surface area contributed by atoms with Crippen LogP contribution in [-0.4, -0.2) is 37.6 Å². The number of oxazole rings is 1. The molecule has 3 aromatic rings. The maximum atomic E-state index is 12.9. The Bertz CT molecular complexity index is 1150. The van der Waals surface area contributed by atoms with Crippen LogP contribution < -0.4 is 19.7 Å². The van der Waals surface area contributed by atoms with Gasteiger partial charge in [0.1, 0.15) is 5.76 Å². The highest BCUT2D eigenvalue weighted by Gasteiger charge is 2.35. The third-order valence-electron chi connectivity index (χ3n) is 5.58. The fourth-order valence-electron chi connectivity index (χ4n) is 3.70. The molecule has 1 unspecified atom stereocenters. The summed E-state index contributed by atoms with van der Waals surface area (Å²) in [5, 5.41) is 2.92. The Balaban J connectivity index is 1.47. The van der Waals surface area contributed by atoms with E-state index in [-0.39, 0.29) is 24.8 Å². The van der Waals surface area contributed by atoms with E-state index >= 15 is 0 Å². The number of benzene rings is 2. The average Bonchev–Trinajstić information content (AvgIpc) is 3.35. The van der Waals surface area contributed by atoms with E-state index in [1.165, 1.54) is 0 Å². The highest BCUT2D eigenvalue weighted by molar-refractivity contribution is 6.03. The number of ether oxygens (including phenoxy) is 2. The molecule has 0 bridgehead atoms. The molecule has 8 heteroatoms. The van der Waals surface area contributed by atoms with Crippen molar-refractivity contribution < 1.29 is 23.5 Å². The summed E-state index contributed by atoms with van der Waals surface area (Å²) in [5.41, 5.74) is 2.89. The minimum absolute atomic E-state index is 0.114. The Hall–Kier alpha value is -3.81. The number of aryl methyl sites for hydroxylation is 2. The maximum Gasteiger partial charge on any atom is 0.229 e. The standard InChI is InChI=1S/C24H25N3O5/c1-14-15(2)32-24(25-14)16-6-5-7-18(10-16)26-23(29)17-11-22(28)27(13-17)19-8-9-20(30-3)21(12-19)31-4/h5-10,12,17H,11,13H2,1-4H3,(H,26,29). The quantitative estimate of drug-likeness (QED) is 0.630. The molecule has 2 amide bonds. The SMILES string of the molecule is COc1ccc(N2CC(C(=O)Nc3cccc(-c4nc(C)c(C)o4)c3)CC2=O)cc1OC. The molecule has 8 nitrogen and oxygen atoms in total. The van der Waals surface area contributed by atoms with Crippen LogP contribution in [0.5, 0.6) is 11.5 Å². The Morgan fingerprint density at radius 2 is 1.91 bits per heavy atom. The predicted molar refractivity (Wildman–Crippen MR) is 120 cm³/mol. The number of carbonyl (C=O) groups is 2. The lowest BCUT2D eigenvalue weighted by Crippen LogP contribution is -2.28. The highest BCUT2D eigenvalue weighted by Crippen LogP contribution is 2.34. The van der Waals surface area contributed by atoms with Crippen molar-refractivity contribution in [3.63, 3.8) is 0 Å². The first-order valence-corrected chi connectivity index (χ1v) is 10.3. The van der Waals surface area contributed by atoms with E-state index in [1.807, 2.05) is 32.0 Å². The molecule has 32 heavy (non-hydrogen) atoms. The summed E-state index contributed by atoms with van der Waals surface area (Å²) in [5.74, 6) is 1.58. The summed E-state index contributed by atoms with van der Waals surface area (Å²) in [6, 6.07) is 12.6. The van der Waals surface area contributed by atoms with E-state index in [9.17, 15) is 9.59 Å². The zero-order chi connectivity index (χ0) is 22.8. The summed E-state index contributed by atoms with van der Waals surface area (Å²) >= 11 is 0. The van der Waals surface area contributed by atoms with Crippen molar-refractivity contribution in [1.29, 1.82) is 0 Å². The summed E-state index contributed by atoms with van der Waals surface area (Å²) < 4.78 is 16.3. The van der Waals surface area contributed by atoms with Gasteiger partial charge in [-0.3, -0.25) is 9.59 Å². The molecule has 0 spiro atoms. The van der Waals surface area contributed by atoms with Crippen molar-refractivity contribution in [2.45, 2.75) is 20.3 Å². The Morgan fingerprint density at radius 3 is 2.59 bits per heavy atom. The first-order valence-electron chi connectivity index (χ1n) is 10.3. The van der Waals surface area contributed by atoms with Crippen LogP contribution in [0.2, 0.25) is 0 Å². The van der Waals surface area contributed by atoms with Crippen molar-refractivity contribution in [1.82, 2.24) is 4.98 Å². The third kappa shape index (κ3) is 4.16. The van der Waals surface area contributed by atoms with Crippen molar-refractivity contribution in [3.8, 4) is 23.0 Å². The minimum atomic E-state index is -0.467. The molecule has 2 heterocycles. The van der Waals surface area contributed by atoms with Gasteiger partial charge in [-0.25, -0.2) is 4.98 Å². The average molecular weight is 435 g/mol. The van der Waals surface area contributed by atoms with E-state index < -0.39 is 5.92 Å². The molecule has 1 aliphatic heterocycles. The molecule has 1 aliphatic rings. The van der Waals surface area contributed by atoms with Crippen LogP contribution in [0.4, 0.5) is 11.4 Å². The lowest BCUT2D eigenvalue weighted by Gasteiger charge is -2.18. The number of aromatic nitrogens is 1. The second-order valence-corrected chi connectivity index (χ2v) is 7.68. The van der Waals surface area contributed by atoms with Crippen LogP contribution in [0.25, 0.3) is 11.5 Å². The van der Waals surface area contributed by atoms with Crippen LogP contribution in [0.3, 0.4) is 0 Å². The Morgan fingerprint density at radius 1 is 1.12 bits per heavy atom. The lowest BCUT2D eigenvalue weighted by molar-refractivity contribution is -0.122. The van der Waals surface area contributed by atoms with E-state index in [0.717, 1.165) is 17.0 Å². The molecule has 1 fully saturated rings. The molecular formula is C24H25N3O5. The summed E-state index contributed by atoms with van der Waals surface area (Å²) in [4.78, 5) is 31.5. The third-order valence-corrected chi connectivity index (χ3v) is 5.58. The molecule has 4 rings (SSSR count). The number of hydrogen-bond donors (Lipinski definition) is 1. The summed E-state index contributed by atoms with van der Waals surface area (Å²) in [7, 11) is 3.09. The number of anilines is 2. The van der Waals surface area contributed by atoms with Crippen LogP contribution in [0.15, 0.2) is 46.9 Å². The molecule has 0 radical (unpaired) electrons. The molecule has 1 atom stereocenters. The topological polar surface area (TPSA) is 93.9 Å². The van der Waals surface area contributed by atoms with Gasteiger partial charge in [0.15, 0.2) is 11.5 Å². The van der Waals surface area contributed by atoms with Gasteiger partial charge in [0.25, 0.3) is 0 Å². The summed E-state index contributed by atoms with van der Waals surface area (Å²) in [6.07, 6.45) is 0.137. The number of methoxy groups -OCH3 is 2. The van der Waals surface area contributed by atoms with Crippen LogP contribution in [0, 0.1) is 19.8 Å².